The third-order valence-corrected chi connectivity index (χ3v) is 2.37. The maximum atomic E-state index is 4.34. The van der Waals surface area contributed by atoms with E-state index in [1.54, 1.807) is 11.8 Å². The molecule has 0 aliphatic carbocycles. The molecule has 1 rings (SSSR count). The maximum Gasteiger partial charge on any atom is 0.0382 e. The van der Waals surface area contributed by atoms with Gasteiger partial charge in [0.1, 0.15) is 0 Å². The molecule has 0 spiro atoms. The molecule has 0 bridgehead atoms. The predicted octanol–water partition coefficient (Wildman–Crippen LogP) is 3.59. The Hall–Kier alpha value is -1.02. The number of aryl methyl sites for hydroxylation is 2. The van der Waals surface area contributed by atoms with Crippen LogP contribution in [0.1, 0.15) is 17.0 Å². The van der Waals surface area contributed by atoms with Crippen molar-refractivity contribution in [2.75, 3.05) is 6.26 Å². The Labute approximate surface area is 89.9 Å². The Kier molecular flexibility index (Phi) is 3.96. The fraction of sp³-hybridized carbons (Fsp3) is 0.250. The molecule has 0 aromatic carbocycles. The summed E-state index contributed by atoms with van der Waals surface area (Å²) in [6.07, 6.45) is 3.93. The molecule has 0 atom stereocenters. The van der Waals surface area contributed by atoms with Gasteiger partial charge in [-0.1, -0.05) is 12.7 Å². The van der Waals surface area contributed by atoms with E-state index in [2.05, 4.69) is 29.1 Å². The lowest BCUT2D eigenvalue weighted by molar-refractivity contribution is 1.12. The summed E-state index contributed by atoms with van der Waals surface area (Å²) in [5, 5.41) is 2.10. The summed E-state index contributed by atoms with van der Waals surface area (Å²) < 4.78 is 0. The summed E-state index contributed by atoms with van der Waals surface area (Å²) in [6, 6.07) is 4.16. The average Bonchev–Trinajstić information content (AvgIpc) is 2.12. The van der Waals surface area contributed by atoms with Crippen LogP contribution in [-0.4, -0.2) is 11.2 Å². The Balaban J connectivity index is 3.16. The number of rotatable bonds is 3. The van der Waals surface area contributed by atoms with Gasteiger partial charge in [0.15, 0.2) is 0 Å². The smallest absolute Gasteiger partial charge is 0.0382 e. The minimum absolute atomic E-state index is 1.05. The first kappa shape index (κ1) is 11.1. The molecule has 2 heteroatoms. The van der Waals surface area contributed by atoms with Gasteiger partial charge in [-0.15, -0.1) is 11.8 Å². The van der Waals surface area contributed by atoms with E-state index >= 15 is 0 Å². The molecule has 0 amide bonds. The molecule has 74 valence electrons. The van der Waals surface area contributed by atoms with Crippen molar-refractivity contribution in [3.05, 3.63) is 47.1 Å². The molecular weight excluding hydrogens is 190 g/mol. The van der Waals surface area contributed by atoms with Gasteiger partial charge in [-0.3, -0.25) is 4.98 Å². The number of hydrogen-bond donors (Lipinski definition) is 0. The second-order valence-corrected chi connectivity index (χ2v) is 3.86. The molecule has 0 N–H and O–H groups in total. The second-order valence-electron chi connectivity index (χ2n) is 3.15. The number of nitrogens with zero attached hydrogens (tertiary/aromatic N) is 1. The zero-order valence-electron chi connectivity index (χ0n) is 8.87. The van der Waals surface area contributed by atoms with Crippen LogP contribution in [0.3, 0.4) is 0 Å². The van der Waals surface area contributed by atoms with E-state index in [4.69, 9.17) is 0 Å². The zero-order valence-corrected chi connectivity index (χ0v) is 9.69. The first-order valence-corrected chi connectivity index (χ1v) is 5.77. The van der Waals surface area contributed by atoms with Crippen LogP contribution in [0.4, 0.5) is 0 Å². The SMILES string of the molecule is C=C/C(=C\SC)c1cc(C)nc(C)c1. The molecule has 0 aliphatic rings. The van der Waals surface area contributed by atoms with Crippen LogP contribution in [0.25, 0.3) is 5.57 Å². The summed E-state index contributed by atoms with van der Waals surface area (Å²) in [5.74, 6) is 0. The monoisotopic (exact) mass is 205 g/mol. The van der Waals surface area contributed by atoms with Crippen LogP contribution >= 0.6 is 11.8 Å². The minimum atomic E-state index is 1.05. The topological polar surface area (TPSA) is 12.9 Å². The van der Waals surface area contributed by atoms with Crippen LogP contribution in [0.2, 0.25) is 0 Å². The van der Waals surface area contributed by atoms with E-state index in [0.29, 0.717) is 0 Å². The maximum absolute atomic E-state index is 4.34. The third-order valence-electron chi connectivity index (χ3n) is 1.88. The molecule has 0 aliphatic heterocycles. The molecule has 1 aromatic rings. The van der Waals surface area contributed by atoms with Crippen molar-refractivity contribution < 1.29 is 0 Å². The van der Waals surface area contributed by atoms with E-state index < -0.39 is 0 Å². The summed E-state index contributed by atoms with van der Waals surface area (Å²) in [7, 11) is 0. The van der Waals surface area contributed by atoms with Crippen LogP contribution < -0.4 is 0 Å². The highest BCUT2D eigenvalue weighted by Crippen LogP contribution is 2.19. The van der Waals surface area contributed by atoms with Crippen molar-refractivity contribution in [3.8, 4) is 0 Å². The van der Waals surface area contributed by atoms with Gasteiger partial charge < -0.3 is 0 Å². The van der Waals surface area contributed by atoms with Gasteiger partial charge in [0, 0.05) is 11.4 Å². The number of aromatic nitrogens is 1. The molecule has 1 heterocycles. The summed E-state index contributed by atoms with van der Waals surface area (Å²) in [4.78, 5) is 4.34. The summed E-state index contributed by atoms with van der Waals surface area (Å²) in [6.45, 7) is 7.83. The number of hydrogen-bond acceptors (Lipinski definition) is 2. The molecule has 0 saturated heterocycles. The number of pyridine rings is 1. The van der Waals surface area contributed by atoms with Gasteiger partial charge in [-0.25, -0.2) is 0 Å². The van der Waals surface area contributed by atoms with Gasteiger partial charge in [0.05, 0.1) is 0 Å². The van der Waals surface area contributed by atoms with Crippen molar-refractivity contribution in [1.82, 2.24) is 4.98 Å². The fourth-order valence-corrected chi connectivity index (χ4v) is 1.85. The van der Waals surface area contributed by atoms with Crippen molar-refractivity contribution in [2.24, 2.45) is 0 Å². The fourth-order valence-electron chi connectivity index (χ4n) is 1.36. The van der Waals surface area contributed by atoms with Gasteiger partial charge in [0.2, 0.25) is 0 Å². The van der Waals surface area contributed by atoms with Crippen molar-refractivity contribution in [3.63, 3.8) is 0 Å². The Morgan fingerprint density at radius 1 is 1.36 bits per heavy atom. The van der Waals surface area contributed by atoms with Gasteiger partial charge in [-0.05, 0) is 48.8 Å². The van der Waals surface area contributed by atoms with Gasteiger partial charge >= 0.3 is 0 Å². The lowest BCUT2D eigenvalue weighted by Crippen LogP contribution is -1.89. The van der Waals surface area contributed by atoms with E-state index in [0.717, 1.165) is 17.0 Å². The van der Waals surface area contributed by atoms with Gasteiger partial charge in [-0.2, -0.15) is 0 Å². The molecule has 1 aromatic heterocycles. The first-order valence-electron chi connectivity index (χ1n) is 4.48. The quantitative estimate of drug-likeness (QED) is 0.699. The molecular formula is C12H15NS. The number of allylic oxidation sites excluding steroid dienone is 2. The highest BCUT2D eigenvalue weighted by Gasteiger charge is 1.99. The molecule has 14 heavy (non-hydrogen) atoms. The second kappa shape index (κ2) is 5.01. The van der Waals surface area contributed by atoms with Crippen molar-refractivity contribution in [2.45, 2.75) is 13.8 Å². The molecule has 0 unspecified atom stereocenters. The predicted molar refractivity (Wildman–Crippen MR) is 65.4 cm³/mol. The highest BCUT2D eigenvalue weighted by atomic mass is 32.2. The Bertz CT molecular complexity index is 346. The first-order chi connectivity index (χ1) is 6.67. The molecule has 0 fully saturated rings. The molecule has 1 nitrogen and oxygen atoms in total. The van der Waals surface area contributed by atoms with Crippen LogP contribution in [-0.2, 0) is 0 Å². The summed E-state index contributed by atoms with van der Waals surface area (Å²) >= 11 is 1.69. The minimum Gasteiger partial charge on any atom is -0.258 e. The number of thioether (sulfide) groups is 1. The van der Waals surface area contributed by atoms with Crippen LogP contribution in [0.5, 0.6) is 0 Å². The standard InChI is InChI=1S/C12H15NS/c1-5-11(8-14-4)12-6-9(2)13-10(3)7-12/h5-8H,1H2,2-4H3/b11-8+. The normalized spacial score (nSPS) is 11.5. The van der Waals surface area contributed by atoms with E-state index in [9.17, 15) is 0 Å². The molecule has 0 radical (unpaired) electrons. The average molecular weight is 205 g/mol. The Morgan fingerprint density at radius 3 is 2.36 bits per heavy atom. The van der Waals surface area contributed by atoms with Gasteiger partial charge in [0.25, 0.3) is 0 Å². The van der Waals surface area contributed by atoms with Crippen LogP contribution in [0, 0.1) is 13.8 Å². The van der Waals surface area contributed by atoms with E-state index in [1.165, 1.54) is 5.56 Å². The highest BCUT2D eigenvalue weighted by molar-refractivity contribution is 8.01. The lowest BCUT2D eigenvalue weighted by atomic mass is 10.1. The lowest BCUT2D eigenvalue weighted by Gasteiger charge is -2.04. The Morgan fingerprint density at radius 2 is 1.93 bits per heavy atom. The summed E-state index contributed by atoms with van der Waals surface area (Å²) in [5.41, 5.74) is 4.45. The van der Waals surface area contributed by atoms with E-state index in [1.807, 2.05) is 26.2 Å². The van der Waals surface area contributed by atoms with Crippen molar-refractivity contribution in [1.29, 1.82) is 0 Å². The third kappa shape index (κ3) is 2.74. The van der Waals surface area contributed by atoms with Crippen molar-refractivity contribution >= 4 is 17.3 Å². The van der Waals surface area contributed by atoms with Crippen LogP contribution in [0.15, 0.2) is 30.2 Å². The molecule has 0 saturated carbocycles. The zero-order chi connectivity index (χ0) is 10.6. The van der Waals surface area contributed by atoms with E-state index in [-0.39, 0.29) is 0 Å². The largest absolute Gasteiger partial charge is 0.258 e.